The molecule has 0 unspecified atom stereocenters. The van der Waals surface area contributed by atoms with Crippen LogP contribution in [0.4, 0.5) is 5.82 Å². The SMILES string of the molecule is CCNC(=O)[C@H]1O[C@@H](n2cnc3c(N)[n+](Cc4ccccc4)cnc32)[C@H](O)[C@@H]1O. The number of nitrogens with one attached hydrogen (secondary N) is 1. The number of likely N-dealkylation sites (N-methyl/N-ethyl adjacent to an activating group) is 1. The highest BCUT2D eigenvalue weighted by molar-refractivity contribution is 5.82. The lowest BCUT2D eigenvalue weighted by Gasteiger charge is -2.15. The lowest BCUT2D eigenvalue weighted by molar-refractivity contribution is -0.675. The fraction of sp³-hybridized carbons (Fsp3) is 0.368. The predicted molar refractivity (Wildman–Crippen MR) is 102 cm³/mol. The van der Waals surface area contributed by atoms with Gasteiger partial charge in [0, 0.05) is 6.54 Å². The average molecular weight is 399 g/mol. The highest BCUT2D eigenvalue weighted by Gasteiger charge is 2.48. The Morgan fingerprint density at radius 3 is 2.76 bits per heavy atom. The van der Waals surface area contributed by atoms with E-state index >= 15 is 0 Å². The third kappa shape index (κ3) is 3.41. The second kappa shape index (κ2) is 7.74. The summed E-state index contributed by atoms with van der Waals surface area (Å²) in [6.07, 6.45) is -1.87. The minimum Gasteiger partial charge on any atom is -0.387 e. The van der Waals surface area contributed by atoms with E-state index < -0.39 is 30.4 Å². The molecule has 5 N–H and O–H groups in total. The van der Waals surface area contributed by atoms with Crippen LogP contribution in [0.1, 0.15) is 18.7 Å². The smallest absolute Gasteiger partial charge is 0.252 e. The first-order valence-corrected chi connectivity index (χ1v) is 9.35. The van der Waals surface area contributed by atoms with Crippen molar-refractivity contribution in [2.45, 2.75) is 38.0 Å². The number of amides is 1. The number of hydrogen-bond donors (Lipinski definition) is 4. The molecule has 0 radical (unpaired) electrons. The minimum atomic E-state index is -1.37. The van der Waals surface area contributed by atoms with Gasteiger partial charge in [-0.25, -0.2) is 9.55 Å². The number of nitrogens with two attached hydrogens (primary N) is 1. The lowest BCUT2D eigenvalue weighted by atomic mass is 10.1. The van der Waals surface area contributed by atoms with E-state index in [4.69, 9.17) is 10.5 Å². The van der Waals surface area contributed by atoms with Gasteiger partial charge >= 0.3 is 0 Å². The Bertz CT molecular complexity index is 1020. The number of aliphatic hydroxyl groups is 2. The Hall–Kier alpha value is -3.08. The van der Waals surface area contributed by atoms with E-state index in [-0.39, 0.29) is 0 Å². The fourth-order valence-corrected chi connectivity index (χ4v) is 3.46. The van der Waals surface area contributed by atoms with Gasteiger partial charge in [0.1, 0.15) is 18.5 Å². The van der Waals surface area contributed by atoms with Crippen LogP contribution in [-0.4, -0.2) is 55.5 Å². The zero-order chi connectivity index (χ0) is 20.5. The number of carbonyl (C=O) groups is 1. The van der Waals surface area contributed by atoms with Crippen LogP contribution in [0.5, 0.6) is 0 Å². The molecule has 29 heavy (non-hydrogen) atoms. The van der Waals surface area contributed by atoms with E-state index in [0.717, 1.165) is 5.56 Å². The van der Waals surface area contributed by atoms with E-state index in [1.54, 1.807) is 17.8 Å². The maximum atomic E-state index is 12.1. The van der Waals surface area contributed by atoms with Crippen molar-refractivity contribution in [2.75, 3.05) is 12.3 Å². The Balaban J connectivity index is 1.64. The molecule has 152 valence electrons. The predicted octanol–water partition coefficient (Wildman–Crippen LogP) is -0.895. The number of benzene rings is 1. The summed E-state index contributed by atoms with van der Waals surface area (Å²) in [5.74, 6) is -0.0786. The second-order valence-corrected chi connectivity index (χ2v) is 6.89. The van der Waals surface area contributed by atoms with Crippen molar-refractivity contribution >= 4 is 22.9 Å². The Morgan fingerprint density at radius 2 is 2.03 bits per heavy atom. The quantitative estimate of drug-likeness (QED) is 0.408. The van der Waals surface area contributed by atoms with Gasteiger partial charge in [0.15, 0.2) is 17.8 Å². The molecule has 3 heterocycles. The third-order valence-electron chi connectivity index (χ3n) is 4.96. The number of rotatable bonds is 5. The summed E-state index contributed by atoms with van der Waals surface area (Å²) in [5, 5.41) is 23.2. The highest BCUT2D eigenvalue weighted by Crippen LogP contribution is 2.31. The van der Waals surface area contributed by atoms with Gasteiger partial charge in [-0.15, -0.1) is 0 Å². The second-order valence-electron chi connectivity index (χ2n) is 6.89. The van der Waals surface area contributed by atoms with Crippen LogP contribution >= 0.6 is 0 Å². The van der Waals surface area contributed by atoms with Gasteiger partial charge in [0.2, 0.25) is 12.0 Å². The zero-order valence-electron chi connectivity index (χ0n) is 15.8. The van der Waals surface area contributed by atoms with Crippen molar-refractivity contribution in [1.29, 1.82) is 0 Å². The fourth-order valence-electron chi connectivity index (χ4n) is 3.46. The standard InChI is InChI=1S/C19H22N6O4/c1-2-21-18(28)15-13(26)14(27)19(29-15)25-10-22-12-16(20)24(9-23-17(12)25)8-11-6-4-3-5-7-11/h3-7,9-10,13-15,19-20,26-27H,2,8H2,1H3,(H,21,28)/p+1/t13-,14+,15-,19+/m0/s1. The first kappa shape index (κ1) is 19.2. The molecule has 1 aliphatic rings. The van der Waals surface area contributed by atoms with E-state index in [9.17, 15) is 15.0 Å². The molecule has 1 aliphatic heterocycles. The number of nitrogens with zero attached hydrogens (tertiary/aromatic N) is 4. The van der Waals surface area contributed by atoms with Crippen LogP contribution in [0.3, 0.4) is 0 Å². The number of aromatic nitrogens is 4. The first-order valence-electron chi connectivity index (χ1n) is 9.35. The molecule has 4 atom stereocenters. The van der Waals surface area contributed by atoms with Gasteiger partial charge < -0.3 is 26.0 Å². The number of carbonyl (C=O) groups excluding carboxylic acids is 1. The number of ether oxygens (including phenoxy) is 1. The molecule has 2 aromatic heterocycles. The molecule has 0 bridgehead atoms. The minimum absolute atomic E-state index is 0.389. The highest BCUT2D eigenvalue weighted by atomic mass is 16.6. The van der Waals surface area contributed by atoms with E-state index in [1.165, 1.54) is 10.9 Å². The van der Waals surface area contributed by atoms with Gasteiger partial charge in [-0.1, -0.05) is 35.3 Å². The van der Waals surface area contributed by atoms with Crippen LogP contribution in [0.2, 0.25) is 0 Å². The lowest BCUT2D eigenvalue weighted by Crippen LogP contribution is -2.42. The van der Waals surface area contributed by atoms with Crippen LogP contribution < -0.4 is 15.6 Å². The maximum Gasteiger partial charge on any atom is 0.252 e. The number of nitrogen functional groups attached to an aromatic ring is 1. The van der Waals surface area contributed by atoms with Crippen LogP contribution in [0, 0.1) is 0 Å². The summed E-state index contributed by atoms with van der Waals surface area (Å²) < 4.78 is 8.89. The molecule has 0 spiro atoms. The molecular formula is C19H23N6O4+. The number of imidazole rings is 1. The topological polar surface area (TPSA) is 139 Å². The summed E-state index contributed by atoms with van der Waals surface area (Å²) in [5.41, 5.74) is 8.18. The number of hydrogen-bond acceptors (Lipinski definition) is 7. The van der Waals surface area contributed by atoms with Crippen molar-refractivity contribution in [3.63, 3.8) is 0 Å². The Morgan fingerprint density at radius 1 is 1.28 bits per heavy atom. The van der Waals surface area contributed by atoms with E-state index in [1.807, 2.05) is 30.3 Å². The van der Waals surface area contributed by atoms with Crippen LogP contribution in [0.25, 0.3) is 11.2 Å². The number of fused-ring (bicyclic) bond motifs is 1. The average Bonchev–Trinajstić information content (AvgIpc) is 3.27. The normalized spacial score (nSPS) is 24.1. The Labute approximate surface area is 166 Å². The van der Waals surface area contributed by atoms with E-state index in [0.29, 0.717) is 30.1 Å². The number of aliphatic hydroxyl groups excluding tert-OH is 2. The summed E-state index contributed by atoms with van der Waals surface area (Å²) in [7, 11) is 0. The van der Waals surface area contributed by atoms with Crippen molar-refractivity contribution in [3.05, 3.63) is 48.5 Å². The molecule has 10 nitrogen and oxygen atoms in total. The molecule has 3 aromatic rings. The summed E-state index contributed by atoms with van der Waals surface area (Å²) in [4.78, 5) is 20.8. The van der Waals surface area contributed by atoms with E-state index in [2.05, 4.69) is 15.3 Å². The molecule has 1 saturated heterocycles. The molecular weight excluding hydrogens is 376 g/mol. The first-order chi connectivity index (χ1) is 14.0. The summed E-state index contributed by atoms with van der Waals surface area (Å²) in [6.45, 7) is 2.68. The monoisotopic (exact) mass is 399 g/mol. The Kier molecular flexibility index (Phi) is 5.14. The molecule has 0 saturated carbocycles. The largest absolute Gasteiger partial charge is 0.387 e. The van der Waals surface area contributed by atoms with Crippen LogP contribution in [0.15, 0.2) is 43.0 Å². The molecule has 1 amide bonds. The molecule has 0 aliphatic carbocycles. The molecule has 4 rings (SSSR count). The van der Waals surface area contributed by atoms with Gasteiger partial charge in [0.25, 0.3) is 11.7 Å². The molecule has 1 aromatic carbocycles. The van der Waals surface area contributed by atoms with Crippen molar-refractivity contribution < 1.29 is 24.3 Å². The molecule has 10 heteroatoms. The van der Waals surface area contributed by atoms with Crippen molar-refractivity contribution in [3.8, 4) is 0 Å². The van der Waals surface area contributed by atoms with Gasteiger partial charge in [-0.05, 0) is 12.5 Å². The third-order valence-corrected chi connectivity index (χ3v) is 4.96. The maximum absolute atomic E-state index is 12.1. The zero-order valence-corrected chi connectivity index (χ0v) is 15.8. The van der Waals surface area contributed by atoms with Gasteiger partial charge in [-0.3, -0.25) is 9.36 Å². The van der Waals surface area contributed by atoms with Gasteiger partial charge in [-0.2, -0.15) is 0 Å². The number of anilines is 1. The van der Waals surface area contributed by atoms with Gasteiger partial charge in [0.05, 0.1) is 6.54 Å². The summed E-state index contributed by atoms with van der Waals surface area (Å²) >= 11 is 0. The summed E-state index contributed by atoms with van der Waals surface area (Å²) in [6, 6.07) is 9.81. The van der Waals surface area contributed by atoms with Crippen LogP contribution in [-0.2, 0) is 16.1 Å². The molecule has 1 fully saturated rings. The van der Waals surface area contributed by atoms with Crippen molar-refractivity contribution in [1.82, 2.24) is 19.9 Å². The van der Waals surface area contributed by atoms with Crippen molar-refractivity contribution in [2.24, 2.45) is 0 Å².